The molecule has 0 saturated heterocycles. The molecule has 2 heterocycles. The lowest BCUT2D eigenvalue weighted by molar-refractivity contribution is -0.183. The predicted molar refractivity (Wildman–Crippen MR) is 105 cm³/mol. The summed E-state index contributed by atoms with van der Waals surface area (Å²) in [6, 6.07) is 11.9. The van der Waals surface area contributed by atoms with Crippen LogP contribution in [0.3, 0.4) is 0 Å². The van der Waals surface area contributed by atoms with Crippen LogP contribution in [-0.4, -0.2) is 27.5 Å². The molecule has 1 amide bonds. The average molecular weight is 417 g/mol. The Morgan fingerprint density at radius 2 is 2.07 bits per heavy atom. The zero-order valence-electron chi connectivity index (χ0n) is 16.2. The second-order valence-electron chi connectivity index (χ2n) is 7.59. The topological polar surface area (TPSA) is 55.6 Å². The zero-order chi connectivity index (χ0) is 21.1. The van der Waals surface area contributed by atoms with Gasteiger partial charge < -0.3 is 14.5 Å². The summed E-state index contributed by atoms with van der Waals surface area (Å²) >= 11 is 0. The lowest BCUT2D eigenvalue weighted by atomic mass is 9.85. The van der Waals surface area contributed by atoms with E-state index in [0.29, 0.717) is 24.2 Å². The van der Waals surface area contributed by atoms with Crippen LogP contribution in [-0.2, 0) is 6.61 Å². The Morgan fingerprint density at radius 3 is 2.87 bits per heavy atom. The van der Waals surface area contributed by atoms with Gasteiger partial charge in [0.2, 0.25) is 0 Å². The van der Waals surface area contributed by atoms with Gasteiger partial charge in [-0.15, -0.1) is 0 Å². The van der Waals surface area contributed by atoms with Crippen molar-refractivity contribution in [1.29, 1.82) is 0 Å². The van der Waals surface area contributed by atoms with Crippen molar-refractivity contribution in [3.63, 3.8) is 0 Å². The number of halogens is 3. The number of carbonyl (C=O) groups is 1. The van der Waals surface area contributed by atoms with Crippen LogP contribution >= 0.6 is 0 Å². The van der Waals surface area contributed by atoms with Gasteiger partial charge in [-0.2, -0.15) is 13.2 Å². The largest absolute Gasteiger partial charge is 0.487 e. The monoisotopic (exact) mass is 417 g/mol. The fourth-order valence-corrected chi connectivity index (χ4v) is 3.83. The van der Waals surface area contributed by atoms with Crippen molar-refractivity contribution in [2.45, 2.75) is 44.5 Å². The molecule has 30 heavy (non-hydrogen) atoms. The van der Waals surface area contributed by atoms with Gasteiger partial charge in [0.15, 0.2) is 0 Å². The third-order valence-corrected chi connectivity index (χ3v) is 5.37. The molecular formula is C22H22F3N3O2. The highest BCUT2D eigenvalue weighted by Gasteiger charge is 2.42. The first-order chi connectivity index (χ1) is 14.4. The van der Waals surface area contributed by atoms with Gasteiger partial charge in [-0.3, -0.25) is 4.79 Å². The van der Waals surface area contributed by atoms with Crippen LogP contribution in [0.25, 0.3) is 5.65 Å². The summed E-state index contributed by atoms with van der Waals surface area (Å²) in [4.78, 5) is 17.0. The molecule has 1 aliphatic rings. The molecule has 1 N–H and O–H groups in total. The van der Waals surface area contributed by atoms with Crippen LogP contribution in [0.1, 0.15) is 41.7 Å². The molecule has 0 aliphatic heterocycles. The highest BCUT2D eigenvalue weighted by molar-refractivity contribution is 5.94. The van der Waals surface area contributed by atoms with E-state index in [1.54, 1.807) is 24.3 Å². The number of nitrogens with zero attached hydrogens (tertiary/aromatic N) is 2. The first kappa shape index (κ1) is 20.3. The molecule has 1 aromatic carbocycles. The van der Waals surface area contributed by atoms with Gasteiger partial charge in [0.05, 0.1) is 11.6 Å². The van der Waals surface area contributed by atoms with E-state index in [-0.39, 0.29) is 25.4 Å². The number of hydrogen-bond acceptors (Lipinski definition) is 3. The van der Waals surface area contributed by atoms with Crippen molar-refractivity contribution in [2.75, 3.05) is 0 Å². The second-order valence-corrected chi connectivity index (χ2v) is 7.59. The highest BCUT2D eigenvalue weighted by Crippen LogP contribution is 2.37. The number of rotatable bonds is 5. The zero-order valence-corrected chi connectivity index (χ0v) is 16.2. The number of hydrogen-bond donors (Lipinski definition) is 1. The molecular weight excluding hydrogens is 395 g/mol. The molecule has 1 aliphatic carbocycles. The van der Waals surface area contributed by atoms with Crippen molar-refractivity contribution < 1.29 is 22.7 Å². The highest BCUT2D eigenvalue weighted by atomic mass is 19.4. The third kappa shape index (κ3) is 4.75. The van der Waals surface area contributed by atoms with E-state index in [1.807, 2.05) is 35.0 Å². The van der Waals surface area contributed by atoms with E-state index in [2.05, 4.69) is 10.3 Å². The molecule has 8 heteroatoms. The number of imidazole rings is 1. The smallest absolute Gasteiger partial charge is 0.391 e. The minimum absolute atomic E-state index is 0.0701. The van der Waals surface area contributed by atoms with E-state index >= 15 is 0 Å². The predicted octanol–water partition coefficient (Wildman–Crippen LogP) is 4.76. The standard InChI is InChI=1S/C22H22F3N3O2/c23-22(24,25)16-6-4-7-17(12-16)27-21(29)15-5-3-8-19(11-15)30-14-18-13-28-10-2-1-9-20(28)26-18/h1-3,5,8-11,13,16-17H,4,6-7,12,14H2,(H,27,29)/t16-,17-/m1/s1. The summed E-state index contributed by atoms with van der Waals surface area (Å²) in [5.74, 6) is -1.24. The van der Waals surface area contributed by atoms with Crippen LogP contribution in [0.5, 0.6) is 5.75 Å². The Labute approximate surface area is 171 Å². The van der Waals surface area contributed by atoms with E-state index in [1.165, 1.54) is 0 Å². The Bertz CT molecular complexity index is 999. The molecule has 2 atom stereocenters. The van der Waals surface area contributed by atoms with Crippen LogP contribution < -0.4 is 10.1 Å². The van der Waals surface area contributed by atoms with Gasteiger partial charge in [-0.1, -0.05) is 18.6 Å². The molecule has 0 radical (unpaired) electrons. The maximum Gasteiger partial charge on any atom is 0.391 e. The maximum absolute atomic E-state index is 13.0. The van der Waals surface area contributed by atoms with Crippen molar-refractivity contribution >= 4 is 11.6 Å². The van der Waals surface area contributed by atoms with Gasteiger partial charge in [0, 0.05) is 24.0 Å². The van der Waals surface area contributed by atoms with Crippen LogP contribution in [0.15, 0.2) is 54.9 Å². The number of aromatic nitrogens is 2. The average Bonchev–Trinajstić information content (AvgIpc) is 3.15. The molecule has 0 spiro atoms. The molecule has 1 saturated carbocycles. The summed E-state index contributed by atoms with van der Waals surface area (Å²) in [7, 11) is 0. The van der Waals surface area contributed by atoms with Crippen molar-refractivity contribution in [1.82, 2.24) is 14.7 Å². The summed E-state index contributed by atoms with van der Waals surface area (Å²) < 4.78 is 46.6. The van der Waals surface area contributed by atoms with E-state index in [0.717, 1.165) is 11.3 Å². The van der Waals surface area contributed by atoms with Crippen LogP contribution in [0, 0.1) is 5.92 Å². The Kier molecular flexibility index (Phi) is 5.65. The number of nitrogens with one attached hydrogen (secondary N) is 1. The van der Waals surface area contributed by atoms with Crippen LogP contribution in [0.4, 0.5) is 13.2 Å². The summed E-state index contributed by atoms with van der Waals surface area (Å²) in [5, 5.41) is 2.75. The molecule has 5 nitrogen and oxygen atoms in total. The van der Waals surface area contributed by atoms with Crippen LogP contribution in [0.2, 0.25) is 0 Å². The number of ether oxygens (including phenoxy) is 1. The quantitative estimate of drug-likeness (QED) is 0.651. The SMILES string of the molecule is O=C(N[C@@H]1CCC[C@@H](C(F)(F)F)C1)c1cccc(OCc2cn3ccccc3n2)c1. The molecule has 1 fully saturated rings. The number of fused-ring (bicyclic) bond motifs is 1. The molecule has 158 valence electrons. The molecule has 0 bridgehead atoms. The first-order valence-corrected chi connectivity index (χ1v) is 9.91. The Hall–Kier alpha value is -3.03. The van der Waals surface area contributed by atoms with E-state index < -0.39 is 18.1 Å². The fraction of sp³-hybridized carbons (Fsp3) is 0.364. The molecule has 4 rings (SSSR count). The summed E-state index contributed by atoms with van der Waals surface area (Å²) in [5.41, 5.74) is 1.92. The minimum Gasteiger partial charge on any atom is -0.487 e. The van der Waals surface area contributed by atoms with Crippen molar-refractivity contribution in [3.05, 3.63) is 66.1 Å². The van der Waals surface area contributed by atoms with E-state index in [4.69, 9.17) is 4.74 Å². The second kappa shape index (κ2) is 8.38. The summed E-state index contributed by atoms with van der Waals surface area (Å²) in [6.07, 6.45) is 0.619. The van der Waals surface area contributed by atoms with Gasteiger partial charge in [-0.05, 0) is 49.6 Å². The number of amides is 1. The lowest BCUT2D eigenvalue weighted by Crippen LogP contribution is -2.41. The van der Waals surface area contributed by atoms with E-state index in [9.17, 15) is 18.0 Å². The maximum atomic E-state index is 13.0. The van der Waals surface area contributed by atoms with Crippen molar-refractivity contribution in [2.24, 2.45) is 5.92 Å². The Balaban J connectivity index is 1.37. The summed E-state index contributed by atoms with van der Waals surface area (Å²) in [6.45, 7) is 0.239. The number of benzene rings is 1. The normalized spacial score (nSPS) is 19.6. The number of carbonyl (C=O) groups excluding carboxylic acids is 1. The molecule has 2 aromatic heterocycles. The first-order valence-electron chi connectivity index (χ1n) is 9.91. The minimum atomic E-state index is -4.21. The number of pyridine rings is 1. The van der Waals surface area contributed by atoms with Gasteiger partial charge in [0.1, 0.15) is 18.0 Å². The lowest BCUT2D eigenvalue weighted by Gasteiger charge is -2.31. The van der Waals surface area contributed by atoms with Gasteiger partial charge >= 0.3 is 6.18 Å². The van der Waals surface area contributed by atoms with Gasteiger partial charge in [-0.25, -0.2) is 4.98 Å². The molecule has 3 aromatic rings. The number of alkyl halides is 3. The van der Waals surface area contributed by atoms with Crippen molar-refractivity contribution in [3.8, 4) is 5.75 Å². The third-order valence-electron chi connectivity index (χ3n) is 5.37. The fourth-order valence-electron chi connectivity index (χ4n) is 3.83. The Morgan fingerprint density at radius 1 is 1.20 bits per heavy atom. The van der Waals surface area contributed by atoms with Gasteiger partial charge in [0.25, 0.3) is 5.91 Å². The molecule has 0 unspecified atom stereocenters.